The summed E-state index contributed by atoms with van der Waals surface area (Å²) in [4.78, 5) is 4.31. The van der Waals surface area contributed by atoms with Gasteiger partial charge in [0.1, 0.15) is 11.5 Å². The van der Waals surface area contributed by atoms with Crippen LogP contribution in [0, 0.1) is 0 Å². The molecule has 0 aliphatic rings. The Morgan fingerprint density at radius 3 is 2.53 bits per heavy atom. The van der Waals surface area contributed by atoms with Crippen LogP contribution in [0.2, 0.25) is 0 Å². The molecule has 0 spiro atoms. The van der Waals surface area contributed by atoms with E-state index in [1.54, 1.807) is 6.33 Å². The van der Waals surface area contributed by atoms with Crippen LogP contribution in [0.4, 0.5) is 5.82 Å². The normalized spacial score (nSPS) is 10.5. The molecule has 2 rings (SSSR count). The van der Waals surface area contributed by atoms with Crippen molar-refractivity contribution < 1.29 is 0 Å². The number of rotatable bonds is 2. The number of halogens is 1. The molecule has 1 heterocycles. The van der Waals surface area contributed by atoms with E-state index in [1.165, 1.54) is 0 Å². The van der Waals surface area contributed by atoms with E-state index < -0.39 is 0 Å². The Morgan fingerprint density at radius 1 is 1.33 bits per heavy atom. The summed E-state index contributed by atoms with van der Waals surface area (Å²) in [5.74, 6) is 0.722. The smallest absolute Gasteiger partial charge is 0.131 e. The van der Waals surface area contributed by atoms with Crippen molar-refractivity contribution in [2.75, 3.05) is 5.73 Å². The summed E-state index contributed by atoms with van der Waals surface area (Å²) in [6.45, 7) is 2.89. The van der Waals surface area contributed by atoms with Gasteiger partial charge in [0.15, 0.2) is 0 Å². The Hall–Kier alpha value is -1.29. The van der Waals surface area contributed by atoms with Crippen molar-refractivity contribution in [2.24, 2.45) is 0 Å². The van der Waals surface area contributed by atoms with Crippen LogP contribution < -0.4 is 5.73 Å². The van der Waals surface area contributed by atoms with Gasteiger partial charge in [0.25, 0.3) is 0 Å². The molecule has 0 aliphatic heterocycles. The van der Waals surface area contributed by atoms with Gasteiger partial charge in [-0.2, -0.15) is 0 Å². The molecule has 1 aromatic carbocycles. The van der Waals surface area contributed by atoms with Gasteiger partial charge in [-0.05, 0) is 19.1 Å². The topological polar surface area (TPSA) is 43.8 Å². The van der Waals surface area contributed by atoms with E-state index in [0.29, 0.717) is 0 Å². The predicted octanol–water partition coefficient (Wildman–Crippen LogP) is 2.91. The van der Waals surface area contributed by atoms with Crippen LogP contribution in [0.15, 0.2) is 35.1 Å². The van der Waals surface area contributed by atoms with Crippen molar-refractivity contribution in [2.45, 2.75) is 13.5 Å². The van der Waals surface area contributed by atoms with Gasteiger partial charge < -0.3 is 10.3 Å². The number of nitrogens with two attached hydrogens (primary N) is 1. The highest BCUT2D eigenvalue weighted by molar-refractivity contribution is 9.10. The molecule has 2 N–H and O–H groups in total. The Labute approximate surface area is 97.1 Å². The van der Waals surface area contributed by atoms with E-state index in [4.69, 9.17) is 5.73 Å². The maximum atomic E-state index is 5.97. The van der Waals surface area contributed by atoms with Crippen molar-refractivity contribution in [3.8, 4) is 11.3 Å². The molecule has 0 radical (unpaired) electrons. The van der Waals surface area contributed by atoms with Gasteiger partial charge in [0.05, 0.1) is 6.33 Å². The van der Waals surface area contributed by atoms with E-state index in [-0.39, 0.29) is 0 Å². The zero-order chi connectivity index (χ0) is 10.8. The van der Waals surface area contributed by atoms with Gasteiger partial charge in [-0.3, -0.25) is 0 Å². The maximum Gasteiger partial charge on any atom is 0.131 e. The molecule has 0 amide bonds. The number of hydrogen-bond acceptors (Lipinski definition) is 2. The summed E-state index contributed by atoms with van der Waals surface area (Å²) in [6, 6.07) is 7.98. The lowest BCUT2D eigenvalue weighted by molar-refractivity contribution is 0.771. The van der Waals surface area contributed by atoms with E-state index in [9.17, 15) is 0 Å². The molecule has 15 heavy (non-hydrogen) atoms. The summed E-state index contributed by atoms with van der Waals surface area (Å²) in [5, 5.41) is 0. The quantitative estimate of drug-likeness (QED) is 0.908. The first-order valence-corrected chi connectivity index (χ1v) is 5.58. The standard InChI is InChI=1S/C11H12BrN3/c1-2-15-7-14-10(11(15)13)8-3-5-9(12)6-4-8/h3-7H,2,13H2,1H3. The average molecular weight is 266 g/mol. The van der Waals surface area contributed by atoms with Crippen molar-refractivity contribution in [3.63, 3.8) is 0 Å². The first-order chi connectivity index (χ1) is 7.22. The number of aryl methyl sites for hydroxylation is 1. The van der Waals surface area contributed by atoms with Gasteiger partial charge >= 0.3 is 0 Å². The third-order valence-electron chi connectivity index (χ3n) is 2.34. The van der Waals surface area contributed by atoms with Gasteiger partial charge in [-0.1, -0.05) is 28.1 Å². The van der Waals surface area contributed by atoms with Crippen molar-refractivity contribution >= 4 is 21.7 Å². The molecule has 4 heteroatoms. The van der Waals surface area contributed by atoms with Gasteiger partial charge in [0, 0.05) is 16.6 Å². The van der Waals surface area contributed by atoms with E-state index in [0.717, 1.165) is 28.1 Å². The molecule has 3 nitrogen and oxygen atoms in total. The average Bonchev–Trinajstić information content (AvgIpc) is 2.61. The maximum absolute atomic E-state index is 5.97. The number of hydrogen-bond donors (Lipinski definition) is 1. The molecule has 1 aromatic heterocycles. The second-order valence-corrected chi connectivity index (χ2v) is 4.19. The number of nitrogen functional groups attached to an aromatic ring is 1. The SMILES string of the molecule is CCn1cnc(-c2ccc(Br)cc2)c1N. The molecular weight excluding hydrogens is 254 g/mol. The van der Waals surface area contributed by atoms with Crippen molar-refractivity contribution in [1.29, 1.82) is 0 Å². The third kappa shape index (κ3) is 1.90. The first-order valence-electron chi connectivity index (χ1n) is 4.79. The minimum Gasteiger partial charge on any atom is -0.383 e. The first kappa shape index (κ1) is 10.2. The summed E-state index contributed by atoms with van der Waals surface area (Å²) >= 11 is 3.40. The monoisotopic (exact) mass is 265 g/mol. The van der Waals surface area contributed by atoms with Crippen molar-refractivity contribution in [3.05, 3.63) is 35.1 Å². The van der Waals surface area contributed by atoms with E-state index in [1.807, 2.05) is 35.8 Å². The minimum atomic E-state index is 0.722. The Kier molecular flexibility index (Phi) is 2.77. The van der Waals surface area contributed by atoms with Crippen LogP contribution in [-0.4, -0.2) is 9.55 Å². The molecule has 2 aromatic rings. The third-order valence-corrected chi connectivity index (χ3v) is 2.87. The number of benzene rings is 1. The number of anilines is 1. The lowest BCUT2D eigenvalue weighted by Crippen LogP contribution is -1.99. The molecule has 0 bridgehead atoms. The second kappa shape index (κ2) is 4.06. The second-order valence-electron chi connectivity index (χ2n) is 3.27. The fraction of sp³-hybridized carbons (Fsp3) is 0.182. The van der Waals surface area contributed by atoms with Crippen LogP contribution in [0.3, 0.4) is 0 Å². The predicted molar refractivity (Wildman–Crippen MR) is 65.4 cm³/mol. The molecule has 0 atom stereocenters. The van der Waals surface area contributed by atoms with Crippen LogP contribution in [0.1, 0.15) is 6.92 Å². The van der Waals surface area contributed by atoms with Crippen LogP contribution in [0.25, 0.3) is 11.3 Å². The molecule has 0 saturated heterocycles. The minimum absolute atomic E-state index is 0.722. The van der Waals surface area contributed by atoms with E-state index >= 15 is 0 Å². The summed E-state index contributed by atoms with van der Waals surface area (Å²) in [7, 11) is 0. The van der Waals surface area contributed by atoms with Crippen molar-refractivity contribution in [1.82, 2.24) is 9.55 Å². The fourth-order valence-electron chi connectivity index (χ4n) is 1.47. The Balaban J connectivity index is 2.45. The molecule has 0 unspecified atom stereocenters. The molecule has 0 aliphatic carbocycles. The number of imidazole rings is 1. The van der Waals surface area contributed by atoms with Crippen LogP contribution in [0.5, 0.6) is 0 Å². The highest BCUT2D eigenvalue weighted by atomic mass is 79.9. The lowest BCUT2D eigenvalue weighted by atomic mass is 10.1. The molecule has 0 fully saturated rings. The molecule has 0 saturated carbocycles. The zero-order valence-electron chi connectivity index (χ0n) is 8.44. The number of aromatic nitrogens is 2. The van der Waals surface area contributed by atoms with Crippen LogP contribution in [-0.2, 0) is 6.54 Å². The fourth-order valence-corrected chi connectivity index (χ4v) is 1.74. The number of nitrogens with zero attached hydrogens (tertiary/aromatic N) is 2. The van der Waals surface area contributed by atoms with Crippen LogP contribution >= 0.6 is 15.9 Å². The zero-order valence-corrected chi connectivity index (χ0v) is 10.0. The van der Waals surface area contributed by atoms with E-state index in [2.05, 4.69) is 20.9 Å². The highest BCUT2D eigenvalue weighted by Crippen LogP contribution is 2.25. The summed E-state index contributed by atoms with van der Waals surface area (Å²) < 4.78 is 2.98. The van der Waals surface area contributed by atoms with Gasteiger partial charge in [-0.25, -0.2) is 4.98 Å². The summed E-state index contributed by atoms with van der Waals surface area (Å²) in [6.07, 6.45) is 1.77. The Morgan fingerprint density at radius 2 is 2.00 bits per heavy atom. The highest BCUT2D eigenvalue weighted by Gasteiger charge is 2.08. The lowest BCUT2D eigenvalue weighted by Gasteiger charge is -2.02. The largest absolute Gasteiger partial charge is 0.383 e. The van der Waals surface area contributed by atoms with Gasteiger partial charge in [0.2, 0.25) is 0 Å². The molecular formula is C11H12BrN3. The Bertz CT molecular complexity index is 459. The van der Waals surface area contributed by atoms with Gasteiger partial charge in [-0.15, -0.1) is 0 Å². The summed E-state index contributed by atoms with van der Waals surface area (Å²) in [5.41, 5.74) is 7.87. The molecule has 78 valence electrons.